The van der Waals surface area contributed by atoms with Gasteiger partial charge in [-0.1, -0.05) is 18.2 Å². The Morgan fingerprint density at radius 3 is 2.58 bits per heavy atom. The van der Waals surface area contributed by atoms with E-state index in [0.29, 0.717) is 18.2 Å². The number of carbonyl (C=O) groups excluding carboxylic acids is 1. The van der Waals surface area contributed by atoms with Crippen LogP contribution >= 0.6 is 0 Å². The molecule has 1 aliphatic heterocycles. The number of nitrogens with one attached hydrogen (secondary N) is 1. The highest BCUT2D eigenvalue weighted by molar-refractivity contribution is 5.77. The fourth-order valence-corrected chi connectivity index (χ4v) is 3.07. The smallest absolute Gasteiger partial charge is 0.310 e. The minimum atomic E-state index is -0.227. The van der Waals surface area contributed by atoms with E-state index in [-0.39, 0.29) is 17.9 Å². The summed E-state index contributed by atoms with van der Waals surface area (Å²) in [5.74, 6) is 0.988. The van der Waals surface area contributed by atoms with Crippen LogP contribution in [-0.2, 0) is 16.0 Å². The highest BCUT2D eigenvalue weighted by atomic mass is 16.5. The molecule has 1 aromatic carbocycles. The first-order valence-electron chi connectivity index (χ1n) is 8.78. The lowest BCUT2D eigenvalue weighted by atomic mass is 9.94. The normalized spacial score (nSPS) is 14.7. The van der Waals surface area contributed by atoms with Crippen LogP contribution in [0.25, 0.3) is 5.57 Å². The van der Waals surface area contributed by atoms with Crippen LogP contribution in [0.5, 0.6) is 11.6 Å². The third-order valence-electron chi connectivity index (χ3n) is 4.08. The predicted molar refractivity (Wildman–Crippen MR) is 102 cm³/mol. The van der Waals surface area contributed by atoms with Crippen molar-refractivity contribution in [3.05, 3.63) is 53.7 Å². The Hall–Kier alpha value is -2.82. The van der Waals surface area contributed by atoms with Crippen LogP contribution in [0.2, 0.25) is 0 Å². The second-order valence-electron chi connectivity index (χ2n) is 6.95. The monoisotopic (exact) mass is 352 g/mol. The van der Waals surface area contributed by atoms with Crippen LogP contribution in [0.15, 0.2) is 42.5 Å². The number of hydrogen-bond donors (Lipinski definition) is 1. The molecule has 1 aromatic heterocycles. The summed E-state index contributed by atoms with van der Waals surface area (Å²) in [5.41, 5.74) is 3.84. The van der Waals surface area contributed by atoms with Gasteiger partial charge in [0.15, 0.2) is 0 Å². The Labute approximate surface area is 154 Å². The predicted octanol–water partition coefficient (Wildman–Crippen LogP) is 4.59. The number of nitrogens with zero attached hydrogens (tertiary/aromatic N) is 1. The number of fused-ring (bicyclic) bond motifs is 1. The zero-order chi connectivity index (χ0) is 18.7. The first kappa shape index (κ1) is 18.0. The summed E-state index contributed by atoms with van der Waals surface area (Å²) in [4.78, 5) is 16.1. The molecule has 0 atom stereocenters. The molecule has 0 spiro atoms. The van der Waals surface area contributed by atoms with E-state index in [1.807, 2.05) is 36.4 Å². The molecule has 5 heteroatoms. The van der Waals surface area contributed by atoms with E-state index < -0.39 is 0 Å². The number of pyridine rings is 1. The van der Waals surface area contributed by atoms with E-state index in [1.165, 1.54) is 0 Å². The van der Waals surface area contributed by atoms with Gasteiger partial charge in [0.2, 0.25) is 5.88 Å². The van der Waals surface area contributed by atoms with Gasteiger partial charge in [0.05, 0.1) is 29.9 Å². The minimum Gasteiger partial charge on any atom is -0.466 e. The summed E-state index contributed by atoms with van der Waals surface area (Å²) >= 11 is 0. The van der Waals surface area contributed by atoms with E-state index in [2.05, 4.69) is 37.1 Å². The first-order chi connectivity index (χ1) is 12.4. The van der Waals surface area contributed by atoms with Gasteiger partial charge in [0, 0.05) is 6.07 Å². The number of esters is 1. The van der Waals surface area contributed by atoms with E-state index in [4.69, 9.17) is 9.47 Å². The van der Waals surface area contributed by atoms with Gasteiger partial charge in [-0.15, -0.1) is 0 Å². The molecule has 1 aliphatic rings. The lowest BCUT2D eigenvalue weighted by Crippen LogP contribution is -2.31. The van der Waals surface area contributed by atoms with Gasteiger partial charge in [0.1, 0.15) is 5.75 Å². The van der Waals surface area contributed by atoms with Gasteiger partial charge >= 0.3 is 5.97 Å². The highest BCUT2D eigenvalue weighted by Gasteiger charge is 2.23. The summed E-state index contributed by atoms with van der Waals surface area (Å²) < 4.78 is 10.8. The fraction of sp³-hybridized carbons (Fsp3) is 0.333. The van der Waals surface area contributed by atoms with E-state index in [0.717, 1.165) is 22.5 Å². The van der Waals surface area contributed by atoms with Gasteiger partial charge in [0.25, 0.3) is 0 Å². The Kier molecular flexibility index (Phi) is 4.98. The molecule has 0 aliphatic carbocycles. The SMILES string of the molecule is CCOC(=O)Cc1ccc(Oc2ccc3c(n2)C(C)=CC(C)(C)N3)cc1. The summed E-state index contributed by atoms with van der Waals surface area (Å²) in [6.45, 7) is 8.50. The Morgan fingerprint density at radius 2 is 1.88 bits per heavy atom. The van der Waals surface area contributed by atoms with Crippen molar-refractivity contribution in [2.45, 2.75) is 39.7 Å². The molecule has 0 bridgehead atoms. The van der Waals surface area contributed by atoms with Crippen LogP contribution in [0.1, 0.15) is 39.0 Å². The second-order valence-corrected chi connectivity index (χ2v) is 6.95. The second kappa shape index (κ2) is 7.20. The van der Waals surface area contributed by atoms with Gasteiger partial charge in [-0.25, -0.2) is 4.98 Å². The minimum absolute atomic E-state index is 0.0874. The molecule has 26 heavy (non-hydrogen) atoms. The number of carbonyl (C=O) groups is 1. The van der Waals surface area contributed by atoms with E-state index in [1.54, 1.807) is 6.92 Å². The Bertz CT molecular complexity index is 839. The van der Waals surface area contributed by atoms with E-state index >= 15 is 0 Å². The van der Waals surface area contributed by atoms with Crippen molar-refractivity contribution in [1.29, 1.82) is 0 Å². The summed E-state index contributed by atoms with van der Waals surface area (Å²) in [5, 5.41) is 3.46. The zero-order valence-electron chi connectivity index (χ0n) is 15.6. The quantitative estimate of drug-likeness (QED) is 0.798. The average Bonchev–Trinajstić information content (AvgIpc) is 2.56. The van der Waals surface area contributed by atoms with Crippen molar-refractivity contribution >= 4 is 17.2 Å². The van der Waals surface area contributed by atoms with Crippen molar-refractivity contribution in [2.75, 3.05) is 11.9 Å². The number of benzene rings is 1. The van der Waals surface area contributed by atoms with Crippen molar-refractivity contribution in [1.82, 2.24) is 4.98 Å². The van der Waals surface area contributed by atoms with Crippen LogP contribution in [0, 0.1) is 0 Å². The molecule has 0 radical (unpaired) electrons. The zero-order valence-corrected chi connectivity index (χ0v) is 15.6. The average molecular weight is 352 g/mol. The molecule has 136 valence electrons. The first-order valence-corrected chi connectivity index (χ1v) is 8.78. The lowest BCUT2D eigenvalue weighted by molar-refractivity contribution is -0.142. The largest absolute Gasteiger partial charge is 0.466 e. The van der Waals surface area contributed by atoms with Gasteiger partial charge < -0.3 is 14.8 Å². The number of rotatable bonds is 5. The Morgan fingerprint density at radius 1 is 1.15 bits per heavy atom. The molecule has 0 unspecified atom stereocenters. The number of anilines is 1. The van der Waals surface area contributed by atoms with Crippen molar-refractivity contribution < 1.29 is 14.3 Å². The van der Waals surface area contributed by atoms with Crippen LogP contribution < -0.4 is 10.1 Å². The lowest BCUT2D eigenvalue weighted by Gasteiger charge is -2.30. The standard InChI is InChI=1S/C21H24N2O3/c1-5-25-19(24)12-15-6-8-16(9-7-15)26-18-11-10-17-20(22-18)14(2)13-21(3,4)23-17/h6-11,13,23H,5,12H2,1-4H3. The molecular weight excluding hydrogens is 328 g/mol. The van der Waals surface area contributed by atoms with Gasteiger partial charge in [-0.05, 0) is 57.0 Å². The third kappa shape index (κ3) is 4.23. The maximum atomic E-state index is 11.5. The molecule has 0 amide bonds. The maximum absolute atomic E-state index is 11.5. The molecule has 2 aromatic rings. The van der Waals surface area contributed by atoms with Crippen molar-refractivity contribution in [3.8, 4) is 11.6 Å². The number of aromatic nitrogens is 1. The summed E-state index contributed by atoms with van der Waals surface area (Å²) in [6.07, 6.45) is 2.42. The van der Waals surface area contributed by atoms with Crippen LogP contribution in [0.4, 0.5) is 5.69 Å². The molecule has 5 nitrogen and oxygen atoms in total. The van der Waals surface area contributed by atoms with E-state index in [9.17, 15) is 4.79 Å². The van der Waals surface area contributed by atoms with Crippen LogP contribution in [-0.4, -0.2) is 23.1 Å². The number of allylic oxidation sites excluding steroid dienone is 1. The topological polar surface area (TPSA) is 60.5 Å². The number of ether oxygens (including phenoxy) is 2. The molecule has 0 fully saturated rings. The molecule has 3 rings (SSSR count). The summed E-state index contributed by atoms with van der Waals surface area (Å²) in [6, 6.07) is 11.2. The maximum Gasteiger partial charge on any atom is 0.310 e. The third-order valence-corrected chi connectivity index (χ3v) is 4.08. The number of hydrogen-bond acceptors (Lipinski definition) is 5. The molecule has 2 heterocycles. The highest BCUT2D eigenvalue weighted by Crippen LogP contribution is 2.34. The molecule has 0 saturated heterocycles. The fourth-order valence-electron chi connectivity index (χ4n) is 3.07. The van der Waals surface area contributed by atoms with Crippen LogP contribution in [0.3, 0.4) is 0 Å². The molecular formula is C21H24N2O3. The van der Waals surface area contributed by atoms with Gasteiger partial charge in [-0.3, -0.25) is 4.79 Å². The Balaban J connectivity index is 1.72. The summed E-state index contributed by atoms with van der Waals surface area (Å²) in [7, 11) is 0. The van der Waals surface area contributed by atoms with Gasteiger partial charge in [-0.2, -0.15) is 0 Å². The van der Waals surface area contributed by atoms with Crippen molar-refractivity contribution in [3.63, 3.8) is 0 Å². The van der Waals surface area contributed by atoms with Crippen molar-refractivity contribution in [2.24, 2.45) is 0 Å². The molecule has 0 saturated carbocycles. The molecule has 1 N–H and O–H groups in total.